The third-order valence-electron chi connectivity index (χ3n) is 4.49. The summed E-state index contributed by atoms with van der Waals surface area (Å²) in [5, 5.41) is 0.320. The van der Waals surface area contributed by atoms with Crippen LogP contribution in [0.1, 0.15) is 27.6 Å². The van der Waals surface area contributed by atoms with Crippen LogP contribution in [0.3, 0.4) is 0 Å². The van der Waals surface area contributed by atoms with Crippen molar-refractivity contribution in [2.45, 2.75) is 11.7 Å². The molecule has 0 aromatic heterocycles. The predicted octanol–water partition coefficient (Wildman–Crippen LogP) is 3.87. The number of rotatable bonds is 2. The second kappa shape index (κ2) is 6.96. The van der Waals surface area contributed by atoms with Crippen molar-refractivity contribution in [3.05, 3.63) is 59.4 Å². The van der Waals surface area contributed by atoms with E-state index in [2.05, 4.69) is 6.07 Å². The molecule has 6 heteroatoms. The van der Waals surface area contributed by atoms with Gasteiger partial charge in [0.2, 0.25) is 6.79 Å². The Balaban J connectivity index is 1.45. The number of carbonyl (C=O) groups excluding carboxylic acids is 1. The van der Waals surface area contributed by atoms with Gasteiger partial charge in [0, 0.05) is 29.7 Å². The molecule has 1 amide bonds. The van der Waals surface area contributed by atoms with Gasteiger partial charge in [0.15, 0.2) is 11.5 Å². The number of benzene rings is 2. The maximum atomic E-state index is 13.0. The molecular formula is C19H18FNO3S. The van der Waals surface area contributed by atoms with Crippen LogP contribution in [0.5, 0.6) is 11.5 Å². The summed E-state index contributed by atoms with van der Waals surface area (Å²) in [5.74, 6) is 2.08. The summed E-state index contributed by atoms with van der Waals surface area (Å²) >= 11 is 1.85. The van der Waals surface area contributed by atoms with Gasteiger partial charge in [-0.1, -0.05) is 6.07 Å². The largest absolute Gasteiger partial charge is 0.454 e. The van der Waals surface area contributed by atoms with Crippen LogP contribution in [0.4, 0.5) is 4.39 Å². The third kappa shape index (κ3) is 3.44. The first-order chi connectivity index (χ1) is 12.2. The molecule has 2 aromatic rings. The molecule has 25 heavy (non-hydrogen) atoms. The minimum absolute atomic E-state index is 0.0352. The fraction of sp³-hybridized carbons (Fsp3) is 0.316. The van der Waals surface area contributed by atoms with Gasteiger partial charge in [-0.25, -0.2) is 4.39 Å². The summed E-state index contributed by atoms with van der Waals surface area (Å²) in [6.07, 6.45) is 0.872. The second-order valence-corrected chi connectivity index (χ2v) is 7.37. The number of halogens is 1. The van der Waals surface area contributed by atoms with Gasteiger partial charge in [-0.2, -0.15) is 11.8 Å². The van der Waals surface area contributed by atoms with Crippen molar-refractivity contribution in [3.8, 4) is 11.5 Å². The van der Waals surface area contributed by atoms with Crippen molar-refractivity contribution in [1.29, 1.82) is 0 Å². The molecule has 0 radical (unpaired) electrons. The van der Waals surface area contributed by atoms with Crippen LogP contribution < -0.4 is 9.47 Å². The number of hydrogen-bond donors (Lipinski definition) is 0. The maximum Gasteiger partial charge on any atom is 0.253 e. The fourth-order valence-corrected chi connectivity index (χ4v) is 4.35. The third-order valence-corrected chi connectivity index (χ3v) is 5.82. The molecule has 0 bridgehead atoms. The molecule has 0 N–H and O–H groups in total. The Morgan fingerprint density at radius 1 is 1.08 bits per heavy atom. The molecule has 1 atom stereocenters. The highest BCUT2D eigenvalue weighted by atomic mass is 32.2. The Labute approximate surface area is 149 Å². The molecule has 2 aliphatic rings. The highest BCUT2D eigenvalue weighted by molar-refractivity contribution is 7.99. The van der Waals surface area contributed by atoms with Gasteiger partial charge in [0.25, 0.3) is 5.91 Å². The van der Waals surface area contributed by atoms with Gasteiger partial charge in [0.05, 0.1) is 0 Å². The van der Waals surface area contributed by atoms with E-state index in [1.165, 1.54) is 17.7 Å². The summed E-state index contributed by atoms with van der Waals surface area (Å²) in [5.41, 5.74) is 1.73. The molecule has 1 unspecified atom stereocenters. The lowest BCUT2D eigenvalue weighted by atomic mass is 10.1. The SMILES string of the molecule is O=C(c1ccc(F)cc1)N1CCSC(c2ccc3c(c2)OCO3)CC1. The van der Waals surface area contributed by atoms with Crippen LogP contribution in [-0.4, -0.2) is 36.4 Å². The van der Waals surface area contributed by atoms with Crippen molar-refractivity contribution < 1.29 is 18.7 Å². The van der Waals surface area contributed by atoms with Gasteiger partial charge in [0.1, 0.15) is 5.82 Å². The zero-order valence-corrected chi connectivity index (χ0v) is 14.4. The van der Waals surface area contributed by atoms with Crippen molar-refractivity contribution in [3.63, 3.8) is 0 Å². The maximum absolute atomic E-state index is 13.0. The molecule has 0 saturated carbocycles. The van der Waals surface area contributed by atoms with Crippen molar-refractivity contribution >= 4 is 17.7 Å². The lowest BCUT2D eigenvalue weighted by Crippen LogP contribution is -2.32. The van der Waals surface area contributed by atoms with E-state index in [9.17, 15) is 9.18 Å². The molecule has 4 nitrogen and oxygen atoms in total. The van der Waals surface area contributed by atoms with E-state index in [-0.39, 0.29) is 18.5 Å². The first kappa shape index (κ1) is 16.3. The molecule has 2 aliphatic heterocycles. The monoisotopic (exact) mass is 359 g/mol. The molecule has 130 valence electrons. The normalized spacial score (nSPS) is 19.6. The summed E-state index contributed by atoms with van der Waals surface area (Å²) in [6, 6.07) is 11.8. The fourth-order valence-electron chi connectivity index (χ4n) is 3.13. The minimum atomic E-state index is -0.328. The number of amides is 1. The molecule has 0 spiro atoms. The molecule has 1 saturated heterocycles. The Hall–Kier alpha value is -2.21. The van der Waals surface area contributed by atoms with E-state index >= 15 is 0 Å². The number of carbonyl (C=O) groups is 1. The Morgan fingerprint density at radius 3 is 2.72 bits per heavy atom. The summed E-state index contributed by atoms with van der Waals surface area (Å²) < 4.78 is 23.9. The lowest BCUT2D eigenvalue weighted by Gasteiger charge is -2.20. The average molecular weight is 359 g/mol. The summed E-state index contributed by atoms with van der Waals surface area (Å²) in [7, 11) is 0. The highest BCUT2D eigenvalue weighted by Gasteiger charge is 2.24. The standard InChI is InChI=1S/C19H18FNO3S/c20-15-4-1-13(2-5-15)19(22)21-8-7-18(25-10-9-21)14-3-6-16-17(11-14)24-12-23-16/h1-6,11,18H,7-10,12H2. The van der Waals surface area contributed by atoms with E-state index in [0.29, 0.717) is 23.9 Å². The van der Waals surface area contributed by atoms with Crippen molar-refractivity contribution in [2.75, 3.05) is 25.6 Å². The van der Waals surface area contributed by atoms with Crippen LogP contribution in [0.25, 0.3) is 0 Å². The van der Waals surface area contributed by atoms with E-state index in [1.54, 1.807) is 12.1 Å². The quantitative estimate of drug-likeness (QED) is 0.816. The molecular weight excluding hydrogens is 341 g/mol. The van der Waals surface area contributed by atoms with Crippen LogP contribution in [-0.2, 0) is 0 Å². The van der Waals surface area contributed by atoms with Gasteiger partial charge in [-0.3, -0.25) is 4.79 Å². The molecule has 4 rings (SSSR count). The zero-order valence-electron chi connectivity index (χ0n) is 13.6. The molecule has 0 aliphatic carbocycles. The number of nitrogens with zero attached hydrogens (tertiary/aromatic N) is 1. The van der Waals surface area contributed by atoms with E-state index in [0.717, 1.165) is 23.7 Å². The second-order valence-electron chi connectivity index (χ2n) is 6.06. The molecule has 1 fully saturated rings. The van der Waals surface area contributed by atoms with E-state index in [4.69, 9.17) is 9.47 Å². The van der Waals surface area contributed by atoms with E-state index < -0.39 is 0 Å². The van der Waals surface area contributed by atoms with E-state index in [1.807, 2.05) is 28.8 Å². The minimum Gasteiger partial charge on any atom is -0.454 e. The molecule has 2 heterocycles. The number of fused-ring (bicyclic) bond motifs is 1. The van der Waals surface area contributed by atoms with Crippen LogP contribution in [0, 0.1) is 5.82 Å². The van der Waals surface area contributed by atoms with Crippen LogP contribution in [0.15, 0.2) is 42.5 Å². The van der Waals surface area contributed by atoms with Gasteiger partial charge in [-0.05, 0) is 48.4 Å². The lowest BCUT2D eigenvalue weighted by molar-refractivity contribution is 0.0766. The first-order valence-electron chi connectivity index (χ1n) is 8.27. The van der Waals surface area contributed by atoms with Gasteiger partial charge < -0.3 is 14.4 Å². The Bertz CT molecular complexity index is 781. The molecule has 2 aromatic carbocycles. The van der Waals surface area contributed by atoms with Crippen LogP contribution >= 0.6 is 11.8 Å². The van der Waals surface area contributed by atoms with Crippen molar-refractivity contribution in [2.24, 2.45) is 0 Å². The Morgan fingerprint density at radius 2 is 1.88 bits per heavy atom. The number of ether oxygens (including phenoxy) is 2. The summed E-state index contributed by atoms with van der Waals surface area (Å²) in [4.78, 5) is 14.5. The first-order valence-corrected chi connectivity index (χ1v) is 9.31. The smallest absolute Gasteiger partial charge is 0.253 e. The van der Waals surface area contributed by atoms with Crippen LogP contribution in [0.2, 0.25) is 0 Å². The average Bonchev–Trinajstić information content (AvgIpc) is 2.96. The van der Waals surface area contributed by atoms with Gasteiger partial charge >= 0.3 is 0 Å². The summed E-state index contributed by atoms with van der Waals surface area (Å²) in [6.45, 7) is 1.65. The Kier molecular flexibility index (Phi) is 4.53. The van der Waals surface area contributed by atoms with Crippen molar-refractivity contribution in [1.82, 2.24) is 4.90 Å². The number of hydrogen-bond acceptors (Lipinski definition) is 4. The highest BCUT2D eigenvalue weighted by Crippen LogP contribution is 2.40. The van der Waals surface area contributed by atoms with Gasteiger partial charge in [-0.15, -0.1) is 0 Å². The predicted molar refractivity (Wildman–Crippen MR) is 94.7 cm³/mol. The number of thioether (sulfide) groups is 1. The topological polar surface area (TPSA) is 38.8 Å². The zero-order chi connectivity index (χ0) is 17.2.